The summed E-state index contributed by atoms with van der Waals surface area (Å²) in [5.41, 5.74) is 0.953. The van der Waals surface area contributed by atoms with Crippen LogP contribution in [0.3, 0.4) is 0 Å². The first kappa shape index (κ1) is 18.1. The van der Waals surface area contributed by atoms with Gasteiger partial charge in [-0.15, -0.1) is 0 Å². The number of amides is 2. The summed E-state index contributed by atoms with van der Waals surface area (Å²) < 4.78 is 0. The normalized spacial score (nSPS) is 23.4. The van der Waals surface area contributed by atoms with Crippen molar-refractivity contribution >= 4 is 23.2 Å². The summed E-state index contributed by atoms with van der Waals surface area (Å²) in [6.45, 7) is 4.08. The van der Waals surface area contributed by atoms with Gasteiger partial charge in [-0.05, 0) is 30.5 Å². The van der Waals surface area contributed by atoms with Gasteiger partial charge < -0.3 is 9.80 Å². The molecular formula is C21H21N5O2S. The Kier molecular flexibility index (Phi) is 4.24. The Hall–Kier alpha value is -3.00. The minimum absolute atomic E-state index is 0.0161. The molecule has 2 atom stereocenters. The number of carbonyl (C=O) groups is 2. The fourth-order valence-electron chi connectivity index (χ4n) is 4.59. The first-order chi connectivity index (χ1) is 14.1. The number of nitrogens with one attached hydrogen (secondary N) is 1. The van der Waals surface area contributed by atoms with Crippen LogP contribution in [-0.2, 0) is 5.41 Å². The van der Waals surface area contributed by atoms with Crippen LogP contribution in [0, 0.1) is 12.8 Å². The number of rotatable bonds is 3. The molecule has 3 aromatic rings. The Balaban J connectivity index is 1.46. The van der Waals surface area contributed by atoms with Crippen LogP contribution in [0.15, 0.2) is 47.2 Å². The van der Waals surface area contributed by atoms with Crippen molar-refractivity contribution in [3.8, 4) is 0 Å². The molecule has 0 aliphatic carbocycles. The summed E-state index contributed by atoms with van der Waals surface area (Å²) in [5, 5.41) is 11.2. The van der Waals surface area contributed by atoms with Gasteiger partial charge in [0.25, 0.3) is 11.8 Å². The van der Waals surface area contributed by atoms with Gasteiger partial charge in [0.15, 0.2) is 5.82 Å². The van der Waals surface area contributed by atoms with Gasteiger partial charge in [0, 0.05) is 43.0 Å². The minimum atomic E-state index is -0.444. The predicted octanol–water partition coefficient (Wildman–Crippen LogP) is 2.34. The summed E-state index contributed by atoms with van der Waals surface area (Å²) in [4.78, 5) is 34.4. The van der Waals surface area contributed by atoms with E-state index in [0.29, 0.717) is 43.1 Å². The minimum Gasteiger partial charge on any atom is -0.337 e. The van der Waals surface area contributed by atoms with E-state index in [1.165, 1.54) is 11.3 Å². The quantitative estimate of drug-likeness (QED) is 0.723. The van der Waals surface area contributed by atoms with Crippen LogP contribution in [0.2, 0.25) is 0 Å². The maximum Gasteiger partial charge on any atom is 0.254 e. The fourth-order valence-corrected chi connectivity index (χ4v) is 5.22. The number of fused-ring (bicyclic) bond motifs is 1. The van der Waals surface area contributed by atoms with Crippen molar-refractivity contribution in [3.05, 3.63) is 69.9 Å². The molecular weight excluding hydrogens is 386 g/mol. The lowest BCUT2D eigenvalue weighted by atomic mass is 9.80. The summed E-state index contributed by atoms with van der Waals surface area (Å²) in [6, 6.07) is 11.2. The van der Waals surface area contributed by atoms with Crippen molar-refractivity contribution in [2.75, 3.05) is 26.2 Å². The molecule has 2 fully saturated rings. The van der Waals surface area contributed by atoms with Crippen LogP contribution in [-0.4, -0.2) is 63.0 Å². The van der Waals surface area contributed by atoms with Crippen molar-refractivity contribution in [1.29, 1.82) is 0 Å². The second-order valence-corrected chi connectivity index (χ2v) is 8.63. The van der Waals surface area contributed by atoms with Gasteiger partial charge in [-0.3, -0.25) is 14.7 Å². The van der Waals surface area contributed by atoms with Crippen molar-refractivity contribution in [3.63, 3.8) is 0 Å². The molecule has 2 aliphatic rings. The third-order valence-corrected chi connectivity index (χ3v) is 6.70. The van der Waals surface area contributed by atoms with Gasteiger partial charge in [0.05, 0.1) is 11.0 Å². The van der Waals surface area contributed by atoms with E-state index < -0.39 is 5.41 Å². The average Bonchev–Trinajstić information content (AvgIpc) is 3.50. The zero-order chi connectivity index (χ0) is 20.0. The van der Waals surface area contributed by atoms with Crippen LogP contribution >= 0.6 is 11.3 Å². The SMILES string of the molecule is Cc1nc([C@]23CN(C(=O)c4ccccc4)C[C@H]2CN(C(=O)c2ccsc2)C3)n[nH]1. The average molecular weight is 407 g/mol. The van der Waals surface area contributed by atoms with E-state index in [1.807, 2.05) is 63.9 Å². The molecule has 5 rings (SSSR count). The van der Waals surface area contributed by atoms with Crippen LogP contribution in [0.1, 0.15) is 32.4 Å². The molecule has 2 aromatic heterocycles. The number of aromatic amines is 1. The number of benzene rings is 1. The van der Waals surface area contributed by atoms with Crippen molar-refractivity contribution in [2.24, 2.45) is 5.92 Å². The molecule has 0 unspecified atom stereocenters. The zero-order valence-electron chi connectivity index (χ0n) is 16.0. The van der Waals surface area contributed by atoms with E-state index in [0.717, 1.165) is 5.82 Å². The highest BCUT2D eigenvalue weighted by Gasteiger charge is 2.57. The van der Waals surface area contributed by atoms with Gasteiger partial charge in [-0.1, -0.05) is 18.2 Å². The standard InChI is InChI=1S/C21H21N5O2S/c1-14-22-20(24-23-14)21-12-25(18(27)15-5-3-2-4-6-15)9-17(21)10-26(13-21)19(28)16-7-8-29-11-16/h2-8,11,17H,9-10,12-13H2,1H3,(H,22,23,24)/t17-,21-/m0/s1. The molecule has 2 amide bonds. The van der Waals surface area contributed by atoms with Crippen LogP contribution in [0.5, 0.6) is 0 Å². The fraction of sp³-hybridized carbons (Fsp3) is 0.333. The molecule has 0 spiro atoms. The van der Waals surface area contributed by atoms with Crippen molar-refractivity contribution in [1.82, 2.24) is 25.0 Å². The van der Waals surface area contributed by atoms with Crippen molar-refractivity contribution < 1.29 is 9.59 Å². The van der Waals surface area contributed by atoms with Crippen LogP contribution in [0.25, 0.3) is 0 Å². The summed E-state index contributed by atoms with van der Waals surface area (Å²) in [6.07, 6.45) is 0. The second kappa shape index (κ2) is 6.81. The molecule has 148 valence electrons. The number of hydrogen-bond donors (Lipinski definition) is 1. The van der Waals surface area contributed by atoms with E-state index in [9.17, 15) is 9.59 Å². The van der Waals surface area contributed by atoms with Gasteiger partial charge in [-0.2, -0.15) is 16.4 Å². The molecule has 7 nitrogen and oxygen atoms in total. The maximum absolute atomic E-state index is 13.1. The number of nitrogens with zero attached hydrogens (tertiary/aromatic N) is 4. The number of aryl methyl sites for hydroxylation is 1. The number of H-pyrrole nitrogens is 1. The lowest BCUT2D eigenvalue weighted by Crippen LogP contribution is -2.41. The first-order valence-corrected chi connectivity index (χ1v) is 10.6. The number of likely N-dealkylation sites (tertiary alicyclic amines) is 2. The molecule has 0 saturated carbocycles. The van der Waals surface area contributed by atoms with Gasteiger partial charge in [0.2, 0.25) is 0 Å². The molecule has 2 saturated heterocycles. The number of hydrogen-bond acceptors (Lipinski definition) is 5. The van der Waals surface area contributed by atoms with Crippen LogP contribution < -0.4 is 0 Å². The van der Waals surface area contributed by atoms with Crippen LogP contribution in [0.4, 0.5) is 0 Å². The predicted molar refractivity (Wildman–Crippen MR) is 109 cm³/mol. The van der Waals surface area contributed by atoms with Crippen molar-refractivity contribution in [2.45, 2.75) is 12.3 Å². The molecule has 0 bridgehead atoms. The van der Waals surface area contributed by atoms with E-state index in [-0.39, 0.29) is 17.7 Å². The Labute approximate surface area is 172 Å². The first-order valence-electron chi connectivity index (χ1n) is 9.62. The summed E-state index contributed by atoms with van der Waals surface area (Å²) in [7, 11) is 0. The smallest absolute Gasteiger partial charge is 0.254 e. The highest BCUT2D eigenvalue weighted by Crippen LogP contribution is 2.44. The highest BCUT2D eigenvalue weighted by molar-refractivity contribution is 7.08. The summed E-state index contributed by atoms with van der Waals surface area (Å²) in [5.74, 6) is 1.59. The highest BCUT2D eigenvalue weighted by atomic mass is 32.1. The second-order valence-electron chi connectivity index (χ2n) is 7.85. The molecule has 1 N–H and O–H groups in total. The summed E-state index contributed by atoms with van der Waals surface area (Å²) >= 11 is 1.52. The Morgan fingerprint density at radius 1 is 1.07 bits per heavy atom. The molecule has 29 heavy (non-hydrogen) atoms. The number of thiophene rings is 1. The van der Waals surface area contributed by atoms with E-state index >= 15 is 0 Å². The molecule has 8 heteroatoms. The van der Waals surface area contributed by atoms with E-state index in [4.69, 9.17) is 0 Å². The lowest BCUT2D eigenvalue weighted by Gasteiger charge is -2.26. The monoisotopic (exact) mass is 407 g/mol. The van der Waals surface area contributed by atoms with Gasteiger partial charge >= 0.3 is 0 Å². The third kappa shape index (κ3) is 2.95. The van der Waals surface area contributed by atoms with E-state index in [2.05, 4.69) is 15.2 Å². The third-order valence-electron chi connectivity index (χ3n) is 6.01. The van der Waals surface area contributed by atoms with E-state index in [1.54, 1.807) is 0 Å². The maximum atomic E-state index is 13.1. The van der Waals surface area contributed by atoms with Gasteiger partial charge in [-0.25, -0.2) is 4.98 Å². The Morgan fingerprint density at radius 2 is 1.76 bits per heavy atom. The number of aromatic nitrogens is 3. The molecule has 4 heterocycles. The molecule has 0 radical (unpaired) electrons. The topological polar surface area (TPSA) is 82.2 Å². The Morgan fingerprint density at radius 3 is 2.34 bits per heavy atom. The molecule has 1 aromatic carbocycles. The lowest BCUT2D eigenvalue weighted by molar-refractivity contribution is 0.0732. The Bertz CT molecular complexity index is 1050. The molecule has 2 aliphatic heterocycles. The van der Waals surface area contributed by atoms with Gasteiger partial charge in [0.1, 0.15) is 5.82 Å². The zero-order valence-corrected chi connectivity index (χ0v) is 16.9. The number of carbonyl (C=O) groups excluding carboxylic acids is 2. The largest absolute Gasteiger partial charge is 0.337 e.